The summed E-state index contributed by atoms with van der Waals surface area (Å²) in [5.74, 6) is 0.444. The molecule has 0 aliphatic carbocycles. The highest BCUT2D eigenvalue weighted by Gasteiger charge is 2.13. The van der Waals surface area contributed by atoms with Crippen LogP contribution < -0.4 is 5.32 Å². The normalized spacial score (nSPS) is 10.7. The molecule has 0 bridgehead atoms. The van der Waals surface area contributed by atoms with Gasteiger partial charge in [0.2, 0.25) is 5.91 Å². The Bertz CT molecular complexity index is 1070. The van der Waals surface area contributed by atoms with Crippen LogP contribution in [0, 0.1) is 6.92 Å². The number of rotatable bonds is 5. The molecule has 1 amide bonds. The third-order valence-corrected chi connectivity index (χ3v) is 4.98. The number of aromatic nitrogens is 3. The average molecular weight is 374 g/mol. The summed E-state index contributed by atoms with van der Waals surface area (Å²) < 4.78 is 1.90. The van der Waals surface area contributed by atoms with Gasteiger partial charge in [0.05, 0.1) is 11.4 Å². The lowest BCUT2D eigenvalue weighted by atomic mass is 10.2. The predicted molar refractivity (Wildman–Crippen MR) is 109 cm³/mol. The lowest BCUT2D eigenvalue weighted by Crippen LogP contribution is -2.19. The van der Waals surface area contributed by atoms with Crippen molar-refractivity contribution in [3.8, 4) is 22.0 Å². The van der Waals surface area contributed by atoms with Gasteiger partial charge in [-0.1, -0.05) is 30.3 Å². The summed E-state index contributed by atoms with van der Waals surface area (Å²) in [6, 6.07) is 17.7. The third-order valence-electron chi connectivity index (χ3n) is 4.12. The first kappa shape index (κ1) is 17.2. The summed E-state index contributed by atoms with van der Waals surface area (Å²) in [6.45, 7) is 2.17. The number of carbonyl (C=O) groups is 1. The van der Waals surface area contributed by atoms with E-state index in [-0.39, 0.29) is 12.5 Å². The Labute approximate surface area is 161 Å². The van der Waals surface area contributed by atoms with Crippen LogP contribution in [0.5, 0.6) is 0 Å². The average Bonchev–Trinajstić information content (AvgIpc) is 3.31. The molecule has 0 radical (unpaired) electrons. The van der Waals surface area contributed by atoms with Crippen molar-refractivity contribution in [3.05, 3.63) is 77.9 Å². The van der Waals surface area contributed by atoms with Crippen molar-refractivity contribution in [1.29, 1.82) is 0 Å². The molecule has 4 rings (SSSR count). The minimum atomic E-state index is -0.120. The van der Waals surface area contributed by atoms with Crippen LogP contribution in [-0.4, -0.2) is 20.4 Å². The quantitative estimate of drug-likeness (QED) is 0.554. The van der Waals surface area contributed by atoms with Crippen LogP contribution in [0.1, 0.15) is 5.56 Å². The molecule has 1 N–H and O–H groups in total. The maximum absolute atomic E-state index is 12.4. The van der Waals surface area contributed by atoms with Crippen molar-refractivity contribution < 1.29 is 4.79 Å². The standard InChI is InChI=1S/C21H18N4OS/c1-15-9-10-22-19(12-15)24-20(26)13-25-11-5-8-18(25)21-23-17(14-27-21)16-6-3-2-4-7-16/h2-12,14H,13H2,1H3,(H,22,24,26). The SMILES string of the molecule is Cc1ccnc(NC(=O)Cn2cccc2-c2nc(-c3ccccc3)cs2)c1. The van der Waals surface area contributed by atoms with Gasteiger partial charge < -0.3 is 9.88 Å². The molecule has 0 fully saturated rings. The summed E-state index contributed by atoms with van der Waals surface area (Å²) in [6.07, 6.45) is 3.58. The van der Waals surface area contributed by atoms with E-state index < -0.39 is 0 Å². The van der Waals surface area contributed by atoms with Crippen LogP contribution in [0.25, 0.3) is 22.0 Å². The lowest BCUT2D eigenvalue weighted by Gasteiger charge is -2.08. The Kier molecular flexibility index (Phi) is 4.80. The van der Waals surface area contributed by atoms with E-state index in [4.69, 9.17) is 4.98 Å². The number of hydrogen-bond donors (Lipinski definition) is 1. The smallest absolute Gasteiger partial charge is 0.245 e. The van der Waals surface area contributed by atoms with E-state index in [1.807, 2.05) is 77.7 Å². The van der Waals surface area contributed by atoms with Crippen molar-refractivity contribution in [1.82, 2.24) is 14.5 Å². The second-order valence-corrected chi connectivity index (χ2v) is 7.05. The number of hydrogen-bond acceptors (Lipinski definition) is 4. The highest BCUT2D eigenvalue weighted by Crippen LogP contribution is 2.29. The predicted octanol–water partition coefficient (Wildman–Crippen LogP) is 4.62. The van der Waals surface area contributed by atoms with Crippen LogP contribution in [0.15, 0.2) is 72.4 Å². The number of carbonyl (C=O) groups excluding carboxylic acids is 1. The molecule has 0 spiro atoms. The zero-order chi connectivity index (χ0) is 18.6. The van der Waals surface area contributed by atoms with E-state index in [0.717, 1.165) is 27.5 Å². The monoisotopic (exact) mass is 374 g/mol. The molecule has 0 saturated carbocycles. The second kappa shape index (κ2) is 7.55. The molecular weight excluding hydrogens is 356 g/mol. The van der Waals surface area contributed by atoms with Gasteiger partial charge in [-0.3, -0.25) is 4.79 Å². The Hall–Kier alpha value is -3.25. The van der Waals surface area contributed by atoms with Gasteiger partial charge in [-0.2, -0.15) is 0 Å². The molecule has 1 aromatic carbocycles. The Morgan fingerprint density at radius 1 is 1.15 bits per heavy atom. The molecule has 3 heterocycles. The van der Waals surface area contributed by atoms with Crippen molar-refractivity contribution in [2.45, 2.75) is 13.5 Å². The van der Waals surface area contributed by atoms with Crippen molar-refractivity contribution in [3.63, 3.8) is 0 Å². The minimum Gasteiger partial charge on any atom is -0.336 e. The molecule has 134 valence electrons. The number of nitrogens with zero attached hydrogens (tertiary/aromatic N) is 3. The summed E-state index contributed by atoms with van der Waals surface area (Å²) in [5.41, 5.74) is 4.01. The molecule has 4 aromatic rings. The minimum absolute atomic E-state index is 0.120. The van der Waals surface area contributed by atoms with Crippen molar-refractivity contribution in [2.24, 2.45) is 0 Å². The first-order chi connectivity index (χ1) is 13.2. The molecule has 6 heteroatoms. The summed E-state index contributed by atoms with van der Waals surface area (Å²) in [7, 11) is 0. The second-order valence-electron chi connectivity index (χ2n) is 6.19. The summed E-state index contributed by atoms with van der Waals surface area (Å²) in [4.78, 5) is 21.3. The highest BCUT2D eigenvalue weighted by molar-refractivity contribution is 7.13. The van der Waals surface area contributed by atoms with E-state index in [1.54, 1.807) is 17.5 Å². The van der Waals surface area contributed by atoms with Crippen molar-refractivity contribution in [2.75, 3.05) is 5.32 Å². The van der Waals surface area contributed by atoms with Gasteiger partial charge in [-0.05, 0) is 36.8 Å². The van der Waals surface area contributed by atoms with Gasteiger partial charge >= 0.3 is 0 Å². The fourth-order valence-electron chi connectivity index (χ4n) is 2.82. The van der Waals surface area contributed by atoms with Gasteiger partial charge in [0, 0.05) is 23.3 Å². The van der Waals surface area contributed by atoms with Crippen LogP contribution in [0.3, 0.4) is 0 Å². The largest absolute Gasteiger partial charge is 0.336 e. The van der Waals surface area contributed by atoms with Crippen LogP contribution in [0.4, 0.5) is 5.82 Å². The number of amides is 1. The fourth-order valence-corrected chi connectivity index (χ4v) is 3.69. The van der Waals surface area contributed by atoms with Gasteiger partial charge in [0.15, 0.2) is 0 Å². The fraction of sp³-hybridized carbons (Fsp3) is 0.0952. The Balaban J connectivity index is 1.51. The number of thiazole rings is 1. The molecule has 27 heavy (non-hydrogen) atoms. The highest BCUT2D eigenvalue weighted by atomic mass is 32.1. The van der Waals surface area contributed by atoms with Crippen molar-refractivity contribution >= 4 is 23.1 Å². The summed E-state index contributed by atoms with van der Waals surface area (Å²) in [5, 5.41) is 5.77. The lowest BCUT2D eigenvalue weighted by molar-refractivity contribution is -0.116. The number of aryl methyl sites for hydroxylation is 1. The zero-order valence-electron chi connectivity index (χ0n) is 14.8. The van der Waals surface area contributed by atoms with Gasteiger partial charge in [0.25, 0.3) is 0 Å². The number of pyridine rings is 1. The number of benzene rings is 1. The number of nitrogens with one attached hydrogen (secondary N) is 1. The maximum Gasteiger partial charge on any atom is 0.245 e. The third kappa shape index (κ3) is 3.96. The maximum atomic E-state index is 12.4. The molecule has 0 saturated heterocycles. The molecule has 5 nitrogen and oxygen atoms in total. The van der Waals surface area contributed by atoms with Gasteiger partial charge in [-0.25, -0.2) is 9.97 Å². The van der Waals surface area contributed by atoms with E-state index in [9.17, 15) is 4.79 Å². The number of anilines is 1. The molecule has 0 unspecified atom stereocenters. The van der Waals surface area contributed by atoms with E-state index in [2.05, 4.69) is 10.3 Å². The molecular formula is C21H18N4OS. The first-order valence-corrected chi connectivity index (χ1v) is 9.46. The first-order valence-electron chi connectivity index (χ1n) is 8.58. The molecule has 0 aliphatic heterocycles. The van der Waals surface area contributed by atoms with Crippen LogP contribution in [-0.2, 0) is 11.3 Å². The molecule has 0 atom stereocenters. The van der Waals surface area contributed by atoms with E-state index in [0.29, 0.717) is 5.82 Å². The van der Waals surface area contributed by atoms with Crippen LogP contribution in [0.2, 0.25) is 0 Å². The molecule has 3 aromatic heterocycles. The Morgan fingerprint density at radius 3 is 2.81 bits per heavy atom. The zero-order valence-corrected chi connectivity index (χ0v) is 15.6. The topological polar surface area (TPSA) is 59.8 Å². The van der Waals surface area contributed by atoms with E-state index >= 15 is 0 Å². The van der Waals surface area contributed by atoms with E-state index in [1.165, 1.54) is 0 Å². The Morgan fingerprint density at radius 2 is 2.00 bits per heavy atom. The van der Waals surface area contributed by atoms with Crippen LogP contribution >= 0.6 is 11.3 Å². The molecule has 0 aliphatic rings. The summed E-state index contributed by atoms with van der Waals surface area (Å²) >= 11 is 1.57. The van der Waals surface area contributed by atoms with Gasteiger partial charge in [0.1, 0.15) is 17.4 Å². The van der Waals surface area contributed by atoms with Gasteiger partial charge in [-0.15, -0.1) is 11.3 Å².